The van der Waals surface area contributed by atoms with Gasteiger partial charge in [0.25, 0.3) is 5.69 Å². The predicted octanol–water partition coefficient (Wildman–Crippen LogP) is 2.12. The highest BCUT2D eigenvalue weighted by Crippen LogP contribution is 2.22. The summed E-state index contributed by atoms with van der Waals surface area (Å²) < 4.78 is 0. The first kappa shape index (κ1) is 17.3. The lowest BCUT2D eigenvalue weighted by atomic mass is 10.2. The first-order chi connectivity index (χ1) is 12.0. The third kappa shape index (κ3) is 4.31. The van der Waals surface area contributed by atoms with Crippen molar-refractivity contribution in [1.82, 2.24) is 9.88 Å². The fraction of sp³-hybridized carbons (Fsp3) is 0.375. The summed E-state index contributed by atoms with van der Waals surface area (Å²) in [6, 6.07) is 4.47. The molecule has 1 saturated heterocycles. The van der Waals surface area contributed by atoms with Gasteiger partial charge in [0.05, 0.1) is 17.2 Å². The van der Waals surface area contributed by atoms with Crippen LogP contribution in [0.4, 0.5) is 16.5 Å². The van der Waals surface area contributed by atoms with Gasteiger partial charge in [-0.1, -0.05) is 6.07 Å². The molecule has 0 radical (unpaired) electrons. The lowest BCUT2D eigenvalue weighted by molar-refractivity contribution is -0.384. The second-order valence-corrected chi connectivity index (χ2v) is 6.76. The summed E-state index contributed by atoms with van der Waals surface area (Å²) in [5.74, 6) is -0.161. The summed E-state index contributed by atoms with van der Waals surface area (Å²) in [6.45, 7) is 5.30. The number of anilines is 2. The number of aromatic nitrogens is 1. The highest BCUT2D eigenvalue weighted by Gasteiger charge is 2.21. The third-order valence-electron chi connectivity index (χ3n) is 4.14. The molecule has 132 valence electrons. The van der Waals surface area contributed by atoms with Crippen LogP contribution in [0.3, 0.4) is 0 Å². The first-order valence-corrected chi connectivity index (χ1v) is 8.82. The summed E-state index contributed by atoms with van der Waals surface area (Å²) in [6.07, 6.45) is 1.79. The minimum absolute atomic E-state index is 0.0297. The molecule has 1 aromatic heterocycles. The number of aryl methyl sites for hydroxylation is 1. The number of nitro groups is 1. The van der Waals surface area contributed by atoms with Crippen molar-refractivity contribution < 1.29 is 9.72 Å². The van der Waals surface area contributed by atoms with Gasteiger partial charge in [0.1, 0.15) is 0 Å². The smallest absolute Gasteiger partial charge is 0.271 e. The Balaban J connectivity index is 1.53. The normalized spacial score (nSPS) is 15.2. The van der Waals surface area contributed by atoms with E-state index in [0.717, 1.165) is 36.9 Å². The number of carbonyl (C=O) groups is 1. The maximum Gasteiger partial charge on any atom is 0.271 e. The molecule has 0 atom stereocenters. The number of carbonyl (C=O) groups excluding carboxylic acids is 1. The van der Waals surface area contributed by atoms with Crippen molar-refractivity contribution in [1.29, 1.82) is 0 Å². The first-order valence-electron chi connectivity index (χ1n) is 7.94. The molecule has 0 unspecified atom stereocenters. The maximum atomic E-state index is 12.3. The molecule has 9 heteroatoms. The highest BCUT2D eigenvalue weighted by atomic mass is 32.1. The van der Waals surface area contributed by atoms with Crippen molar-refractivity contribution >= 4 is 33.8 Å². The number of hydrogen-bond acceptors (Lipinski definition) is 7. The van der Waals surface area contributed by atoms with Gasteiger partial charge < -0.3 is 10.2 Å². The quantitative estimate of drug-likeness (QED) is 0.648. The molecule has 8 nitrogen and oxygen atoms in total. The largest absolute Gasteiger partial charge is 0.346 e. The van der Waals surface area contributed by atoms with Crippen LogP contribution in [0.25, 0.3) is 0 Å². The van der Waals surface area contributed by atoms with E-state index in [1.54, 1.807) is 23.6 Å². The van der Waals surface area contributed by atoms with E-state index in [0.29, 0.717) is 5.69 Å². The second-order valence-electron chi connectivity index (χ2n) is 5.88. The molecule has 3 rings (SSSR count). The maximum absolute atomic E-state index is 12.3. The Labute approximate surface area is 149 Å². The molecule has 0 saturated carbocycles. The van der Waals surface area contributed by atoms with Crippen molar-refractivity contribution in [3.8, 4) is 0 Å². The molecular weight excluding hydrogens is 342 g/mol. The standard InChI is InChI=1S/C16H19N5O3S/c1-12-2-3-13(21(23)24)10-14(12)18-15(22)11-19-5-7-20(8-6-19)16-17-4-9-25-16/h2-4,9-10H,5-8,11H2,1H3,(H,18,22). The number of non-ortho nitro benzene ring substituents is 1. The Morgan fingerprint density at radius 1 is 1.36 bits per heavy atom. The topological polar surface area (TPSA) is 91.6 Å². The fourth-order valence-electron chi connectivity index (χ4n) is 2.72. The molecule has 1 fully saturated rings. The Bertz CT molecular complexity index is 757. The number of rotatable bonds is 5. The number of nitro benzene ring substituents is 1. The van der Waals surface area contributed by atoms with E-state index in [1.165, 1.54) is 12.1 Å². The van der Waals surface area contributed by atoms with E-state index in [4.69, 9.17) is 0 Å². The second kappa shape index (κ2) is 7.58. The number of piperazine rings is 1. The van der Waals surface area contributed by atoms with Gasteiger partial charge in [-0.25, -0.2) is 4.98 Å². The van der Waals surface area contributed by atoms with Gasteiger partial charge in [0, 0.05) is 49.9 Å². The van der Waals surface area contributed by atoms with Crippen molar-refractivity contribution in [2.45, 2.75) is 6.92 Å². The van der Waals surface area contributed by atoms with Crippen LogP contribution < -0.4 is 10.2 Å². The van der Waals surface area contributed by atoms with Crippen LogP contribution in [0.1, 0.15) is 5.56 Å². The zero-order valence-corrected chi connectivity index (χ0v) is 14.7. The molecule has 1 aromatic carbocycles. The Hall–Kier alpha value is -2.52. The lowest BCUT2D eigenvalue weighted by Gasteiger charge is -2.34. The van der Waals surface area contributed by atoms with E-state index in [9.17, 15) is 14.9 Å². The summed E-state index contributed by atoms with van der Waals surface area (Å²) in [5, 5.41) is 16.6. The molecule has 1 aliphatic rings. The summed E-state index contributed by atoms with van der Waals surface area (Å²) in [5.41, 5.74) is 1.26. The Morgan fingerprint density at radius 3 is 2.76 bits per heavy atom. The van der Waals surface area contributed by atoms with Crippen molar-refractivity contribution in [2.75, 3.05) is 42.9 Å². The minimum atomic E-state index is -0.465. The molecular formula is C16H19N5O3S. The monoisotopic (exact) mass is 361 g/mol. The zero-order valence-electron chi connectivity index (χ0n) is 13.8. The van der Waals surface area contributed by atoms with E-state index in [-0.39, 0.29) is 18.1 Å². The molecule has 2 heterocycles. The van der Waals surface area contributed by atoms with Crippen molar-refractivity contribution in [2.24, 2.45) is 0 Å². The zero-order chi connectivity index (χ0) is 17.8. The van der Waals surface area contributed by atoms with Gasteiger partial charge in [0.15, 0.2) is 5.13 Å². The SMILES string of the molecule is Cc1ccc([N+](=O)[O-])cc1NC(=O)CN1CCN(c2nccs2)CC1. The summed E-state index contributed by atoms with van der Waals surface area (Å²) >= 11 is 1.61. The molecule has 1 amide bonds. The fourth-order valence-corrected chi connectivity index (χ4v) is 3.42. The van der Waals surface area contributed by atoms with Crippen LogP contribution in [0.15, 0.2) is 29.8 Å². The number of hydrogen-bond donors (Lipinski definition) is 1. The van der Waals surface area contributed by atoms with Crippen LogP contribution >= 0.6 is 11.3 Å². The molecule has 0 bridgehead atoms. The highest BCUT2D eigenvalue weighted by molar-refractivity contribution is 7.13. The van der Waals surface area contributed by atoms with Gasteiger partial charge >= 0.3 is 0 Å². The van der Waals surface area contributed by atoms with Crippen LogP contribution in [-0.4, -0.2) is 53.4 Å². The van der Waals surface area contributed by atoms with Gasteiger partial charge in [-0.15, -0.1) is 11.3 Å². The summed E-state index contributed by atoms with van der Waals surface area (Å²) in [4.78, 5) is 31.3. The minimum Gasteiger partial charge on any atom is -0.346 e. The molecule has 0 spiro atoms. The van der Waals surface area contributed by atoms with E-state index < -0.39 is 4.92 Å². The van der Waals surface area contributed by atoms with Crippen molar-refractivity contribution in [3.63, 3.8) is 0 Å². The van der Waals surface area contributed by atoms with Gasteiger partial charge in [0.2, 0.25) is 5.91 Å². The van der Waals surface area contributed by atoms with Gasteiger partial charge in [-0.3, -0.25) is 19.8 Å². The number of thiazole rings is 1. The number of amides is 1. The van der Waals surface area contributed by atoms with E-state index in [1.807, 2.05) is 12.3 Å². The van der Waals surface area contributed by atoms with Crippen LogP contribution in [0, 0.1) is 17.0 Å². The van der Waals surface area contributed by atoms with Gasteiger partial charge in [-0.2, -0.15) is 0 Å². The van der Waals surface area contributed by atoms with Crippen LogP contribution in [0.5, 0.6) is 0 Å². The van der Waals surface area contributed by atoms with E-state index >= 15 is 0 Å². The molecule has 25 heavy (non-hydrogen) atoms. The summed E-state index contributed by atoms with van der Waals surface area (Å²) in [7, 11) is 0. The number of nitrogens with one attached hydrogen (secondary N) is 1. The molecule has 0 aliphatic carbocycles. The molecule has 1 aliphatic heterocycles. The Morgan fingerprint density at radius 2 is 2.12 bits per heavy atom. The predicted molar refractivity (Wildman–Crippen MR) is 97.2 cm³/mol. The average molecular weight is 361 g/mol. The number of nitrogens with zero attached hydrogens (tertiary/aromatic N) is 4. The molecule has 2 aromatic rings. The van der Waals surface area contributed by atoms with Crippen LogP contribution in [0.2, 0.25) is 0 Å². The van der Waals surface area contributed by atoms with Crippen LogP contribution in [-0.2, 0) is 4.79 Å². The number of benzene rings is 1. The lowest BCUT2D eigenvalue weighted by Crippen LogP contribution is -2.48. The van der Waals surface area contributed by atoms with Gasteiger partial charge in [-0.05, 0) is 12.5 Å². The molecule has 1 N–H and O–H groups in total. The Kier molecular flexibility index (Phi) is 5.25. The van der Waals surface area contributed by atoms with E-state index in [2.05, 4.69) is 20.1 Å². The van der Waals surface area contributed by atoms with Crippen molar-refractivity contribution in [3.05, 3.63) is 45.5 Å². The average Bonchev–Trinajstić information content (AvgIpc) is 3.12. The third-order valence-corrected chi connectivity index (χ3v) is 4.97.